The molecule has 24 heavy (non-hydrogen) atoms. The lowest BCUT2D eigenvalue weighted by molar-refractivity contribution is -0.119. The van der Waals surface area contributed by atoms with E-state index in [2.05, 4.69) is 5.32 Å². The van der Waals surface area contributed by atoms with Crippen LogP contribution in [0.2, 0.25) is 0 Å². The summed E-state index contributed by atoms with van der Waals surface area (Å²) in [6, 6.07) is 19.0. The molecule has 1 fully saturated rings. The molecule has 121 valence electrons. The third kappa shape index (κ3) is 3.68. The smallest absolute Gasteiger partial charge is 0.217 e. The maximum atomic E-state index is 11.7. The highest BCUT2D eigenvalue weighted by molar-refractivity contribution is 5.74. The van der Waals surface area contributed by atoms with E-state index >= 15 is 0 Å². The van der Waals surface area contributed by atoms with E-state index in [1.165, 1.54) is 6.92 Å². The molecule has 0 unspecified atom stereocenters. The van der Waals surface area contributed by atoms with Gasteiger partial charge in [0, 0.05) is 18.8 Å². The van der Waals surface area contributed by atoms with Crippen LogP contribution >= 0.6 is 0 Å². The Labute approximate surface area is 143 Å². The Bertz CT molecular complexity index is 656. The Balaban J connectivity index is 1.87. The SMILES string of the molecule is CC(=O)N[C@H]([C]1[CH][CH][CH][C]1[C@H](O)c1ccccc1)c1ccccc1. The predicted molar refractivity (Wildman–Crippen MR) is 93.8 cm³/mol. The molecule has 2 atom stereocenters. The summed E-state index contributed by atoms with van der Waals surface area (Å²) >= 11 is 0. The number of nitrogens with one attached hydrogen (secondary N) is 1. The number of aliphatic hydroxyl groups excluding tert-OH is 1. The lowest BCUT2D eigenvalue weighted by Crippen LogP contribution is -2.33. The van der Waals surface area contributed by atoms with Crippen molar-refractivity contribution in [2.45, 2.75) is 19.1 Å². The second kappa shape index (κ2) is 7.63. The molecule has 0 aromatic heterocycles. The van der Waals surface area contributed by atoms with Gasteiger partial charge in [0.05, 0.1) is 12.1 Å². The molecule has 2 aromatic carbocycles. The number of benzene rings is 2. The highest BCUT2D eigenvalue weighted by atomic mass is 16.3. The van der Waals surface area contributed by atoms with E-state index in [1.807, 2.05) is 79.9 Å². The Morgan fingerprint density at radius 3 is 2.00 bits per heavy atom. The number of rotatable bonds is 5. The van der Waals surface area contributed by atoms with Gasteiger partial charge in [-0.1, -0.05) is 60.7 Å². The Morgan fingerprint density at radius 2 is 1.42 bits per heavy atom. The molecule has 3 nitrogen and oxygen atoms in total. The molecule has 2 aromatic rings. The average Bonchev–Trinajstić information content (AvgIpc) is 3.10. The zero-order chi connectivity index (χ0) is 16.9. The first-order chi connectivity index (χ1) is 11.7. The van der Waals surface area contributed by atoms with E-state index in [1.54, 1.807) is 0 Å². The normalized spacial score (nSPS) is 18.2. The van der Waals surface area contributed by atoms with Crippen LogP contribution in [0.3, 0.4) is 0 Å². The first-order valence-corrected chi connectivity index (χ1v) is 7.97. The van der Waals surface area contributed by atoms with Crippen LogP contribution < -0.4 is 5.32 Å². The Morgan fingerprint density at radius 1 is 0.875 bits per heavy atom. The number of carbonyl (C=O) groups excluding carboxylic acids is 1. The molecule has 1 saturated carbocycles. The lowest BCUT2D eigenvalue weighted by atomic mass is 9.80. The van der Waals surface area contributed by atoms with Crippen LogP contribution in [0.15, 0.2) is 60.7 Å². The quantitative estimate of drug-likeness (QED) is 0.888. The Kier molecular flexibility index (Phi) is 5.31. The molecule has 5 radical (unpaired) electrons. The van der Waals surface area contributed by atoms with E-state index < -0.39 is 6.10 Å². The van der Waals surface area contributed by atoms with Gasteiger partial charge in [-0.25, -0.2) is 0 Å². The molecule has 0 bridgehead atoms. The van der Waals surface area contributed by atoms with Crippen LogP contribution in [0.4, 0.5) is 0 Å². The first-order valence-electron chi connectivity index (χ1n) is 7.97. The van der Waals surface area contributed by atoms with Crippen molar-refractivity contribution in [3.63, 3.8) is 0 Å². The second-order valence-corrected chi connectivity index (χ2v) is 5.79. The first kappa shape index (κ1) is 16.7. The summed E-state index contributed by atoms with van der Waals surface area (Å²) in [5.74, 6) is 1.61. The summed E-state index contributed by atoms with van der Waals surface area (Å²) in [6.07, 6.45) is 5.05. The maximum Gasteiger partial charge on any atom is 0.217 e. The van der Waals surface area contributed by atoms with Crippen LogP contribution in [0.25, 0.3) is 0 Å². The highest BCUT2D eigenvalue weighted by Crippen LogP contribution is 2.47. The molecule has 0 heterocycles. The fourth-order valence-corrected chi connectivity index (χ4v) is 2.96. The van der Waals surface area contributed by atoms with Crippen molar-refractivity contribution in [3.05, 3.63) is 103 Å². The molecule has 0 saturated heterocycles. The standard InChI is InChI=1S/C21H20NO2/c1-15(23)22-20(16-9-4-2-5-10-16)18-13-8-14-19(18)21(24)17-11-6-3-7-12-17/h2-14,20-21,24H,1H3,(H,22,23)/t20-,21+/m0/s1. The Hall–Kier alpha value is -2.13. The van der Waals surface area contributed by atoms with Crippen molar-refractivity contribution < 1.29 is 9.90 Å². The van der Waals surface area contributed by atoms with Crippen molar-refractivity contribution in [3.8, 4) is 0 Å². The van der Waals surface area contributed by atoms with Crippen LogP contribution in [0, 0.1) is 31.1 Å². The second-order valence-electron chi connectivity index (χ2n) is 5.79. The summed E-state index contributed by atoms with van der Waals surface area (Å²) in [4.78, 5) is 11.7. The number of hydrogen-bond acceptors (Lipinski definition) is 2. The van der Waals surface area contributed by atoms with Crippen molar-refractivity contribution >= 4 is 5.91 Å². The summed E-state index contributed by atoms with van der Waals surface area (Å²) in [7, 11) is 0. The van der Waals surface area contributed by atoms with Crippen LogP contribution in [0.1, 0.15) is 30.2 Å². The zero-order valence-corrected chi connectivity index (χ0v) is 13.5. The summed E-state index contributed by atoms with van der Waals surface area (Å²) < 4.78 is 0. The van der Waals surface area contributed by atoms with Gasteiger partial charge in [0.25, 0.3) is 0 Å². The zero-order valence-electron chi connectivity index (χ0n) is 13.5. The number of aliphatic hydroxyl groups is 1. The van der Waals surface area contributed by atoms with Crippen molar-refractivity contribution in [2.24, 2.45) is 0 Å². The summed E-state index contributed by atoms with van der Waals surface area (Å²) in [6.45, 7) is 1.51. The fraction of sp³-hybridized carbons (Fsp3) is 0.143. The van der Waals surface area contributed by atoms with Gasteiger partial charge in [-0.05, 0) is 30.4 Å². The van der Waals surface area contributed by atoms with E-state index in [4.69, 9.17) is 0 Å². The van der Waals surface area contributed by atoms with E-state index in [-0.39, 0.29) is 11.9 Å². The van der Waals surface area contributed by atoms with Crippen molar-refractivity contribution in [2.75, 3.05) is 0 Å². The average molecular weight is 318 g/mol. The fourth-order valence-electron chi connectivity index (χ4n) is 2.96. The van der Waals surface area contributed by atoms with Gasteiger partial charge in [-0.2, -0.15) is 0 Å². The van der Waals surface area contributed by atoms with Crippen molar-refractivity contribution in [1.82, 2.24) is 5.32 Å². The van der Waals surface area contributed by atoms with Gasteiger partial charge in [-0.15, -0.1) is 0 Å². The van der Waals surface area contributed by atoms with E-state index in [0.717, 1.165) is 23.0 Å². The number of carbonyl (C=O) groups is 1. The predicted octanol–water partition coefficient (Wildman–Crippen LogP) is 3.37. The maximum absolute atomic E-state index is 11.7. The van der Waals surface area contributed by atoms with E-state index in [9.17, 15) is 9.90 Å². The highest BCUT2D eigenvalue weighted by Gasteiger charge is 2.40. The summed E-state index contributed by atoms with van der Waals surface area (Å²) in [5, 5.41) is 13.8. The molecular weight excluding hydrogens is 298 g/mol. The minimum absolute atomic E-state index is 0.106. The molecule has 1 aliphatic rings. The van der Waals surface area contributed by atoms with Gasteiger partial charge < -0.3 is 10.4 Å². The van der Waals surface area contributed by atoms with Gasteiger partial charge in [0.1, 0.15) is 0 Å². The van der Waals surface area contributed by atoms with Gasteiger partial charge in [0.15, 0.2) is 0 Å². The molecule has 3 heteroatoms. The lowest BCUT2D eigenvalue weighted by Gasteiger charge is -2.31. The molecule has 1 aliphatic carbocycles. The number of hydrogen-bond donors (Lipinski definition) is 2. The molecule has 3 rings (SSSR count). The molecule has 0 spiro atoms. The molecule has 2 N–H and O–H groups in total. The van der Waals surface area contributed by atoms with Crippen molar-refractivity contribution in [1.29, 1.82) is 0 Å². The third-order valence-corrected chi connectivity index (χ3v) is 4.09. The van der Waals surface area contributed by atoms with Crippen LogP contribution in [0.5, 0.6) is 0 Å². The third-order valence-electron chi connectivity index (χ3n) is 4.09. The van der Waals surface area contributed by atoms with Gasteiger partial charge in [0.2, 0.25) is 5.91 Å². The van der Waals surface area contributed by atoms with E-state index in [0.29, 0.717) is 0 Å². The number of amides is 1. The molecule has 0 aliphatic heterocycles. The van der Waals surface area contributed by atoms with Gasteiger partial charge >= 0.3 is 0 Å². The minimum Gasteiger partial charge on any atom is -0.388 e. The summed E-state index contributed by atoms with van der Waals surface area (Å²) in [5.41, 5.74) is 1.82. The van der Waals surface area contributed by atoms with Crippen LogP contribution in [-0.4, -0.2) is 11.0 Å². The topological polar surface area (TPSA) is 49.3 Å². The van der Waals surface area contributed by atoms with Crippen LogP contribution in [-0.2, 0) is 4.79 Å². The molecular formula is C21H20NO2. The largest absolute Gasteiger partial charge is 0.388 e. The molecule has 1 amide bonds. The monoisotopic (exact) mass is 318 g/mol. The van der Waals surface area contributed by atoms with Gasteiger partial charge in [-0.3, -0.25) is 4.79 Å². The minimum atomic E-state index is -0.726.